The fraction of sp³-hybridized carbons (Fsp3) is 0.500. The summed E-state index contributed by atoms with van der Waals surface area (Å²) in [6, 6.07) is 3.28. The van der Waals surface area contributed by atoms with Gasteiger partial charge in [-0.3, -0.25) is 4.90 Å². The lowest BCUT2D eigenvalue weighted by atomic mass is 10.2. The maximum absolute atomic E-state index is 13.4. The molecular formula is C18H22F2N2O2. The van der Waals surface area contributed by atoms with Gasteiger partial charge in [0.05, 0.1) is 11.8 Å². The van der Waals surface area contributed by atoms with E-state index < -0.39 is 11.6 Å². The minimum Gasteiger partial charge on any atom is -0.441 e. The smallest absolute Gasteiger partial charge is 0.226 e. The van der Waals surface area contributed by atoms with E-state index in [4.69, 9.17) is 9.15 Å². The Morgan fingerprint density at radius 3 is 2.62 bits per heavy atom. The second kappa shape index (κ2) is 7.40. The van der Waals surface area contributed by atoms with Crippen LogP contribution in [-0.2, 0) is 11.3 Å². The van der Waals surface area contributed by atoms with Crippen LogP contribution in [0.4, 0.5) is 8.78 Å². The molecule has 2 aromatic rings. The second-order valence-corrected chi connectivity index (χ2v) is 6.14. The Morgan fingerprint density at radius 2 is 2.00 bits per heavy atom. The van der Waals surface area contributed by atoms with Gasteiger partial charge in [0.2, 0.25) is 5.89 Å². The first kappa shape index (κ1) is 17.0. The molecule has 4 nitrogen and oxygen atoms in total. The number of hydrogen-bond acceptors (Lipinski definition) is 4. The number of benzene rings is 1. The second-order valence-electron chi connectivity index (χ2n) is 6.14. The van der Waals surface area contributed by atoms with E-state index in [2.05, 4.69) is 16.8 Å². The van der Waals surface area contributed by atoms with Gasteiger partial charge in [0.15, 0.2) is 0 Å². The van der Waals surface area contributed by atoms with Gasteiger partial charge in [-0.15, -0.1) is 0 Å². The highest BCUT2D eigenvalue weighted by Gasteiger charge is 2.21. The predicted octanol–water partition coefficient (Wildman–Crippen LogP) is 3.93. The lowest BCUT2D eigenvalue weighted by molar-refractivity contribution is 0.0720. The van der Waals surface area contributed by atoms with Crippen LogP contribution in [0.3, 0.4) is 0 Å². The molecule has 0 saturated carbocycles. The first-order valence-corrected chi connectivity index (χ1v) is 8.32. The molecule has 24 heavy (non-hydrogen) atoms. The number of nitrogens with zero attached hydrogens (tertiary/aromatic N) is 2. The van der Waals surface area contributed by atoms with E-state index in [1.54, 1.807) is 0 Å². The molecular weight excluding hydrogens is 314 g/mol. The molecule has 6 heteroatoms. The molecule has 1 aliphatic heterocycles. The topological polar surface area (TPSA) is 38.5 Å². The number of halogens is 2. The van der Waals surface area contributed by atoms with Gasteiger partial charge >= 0.3 is 0 Å². The quantitative estimate of drug-likeness (QED) is 0.801. The van der Waals surface area contributed by atoms with E-state index in [9.17, 15) is 8.78 Å². The summed E-state index contributed by atoms with van der Waals surface area (Å²) in [5.74, 6) is -0.374. The zero-order valence-electron chi connectivity index (χ0n) is 14.0. The first-order chi connectivity index (χ1) is 11.5. The predicted molar refractivity (Wildman–Crippen MR) is 86.5 cm³/mol. The van der Waals surface area contributed by atoms with Crippen molar-refractivity contribution in [3.05, 3.63) is 41.3 Å². The third-order valence-corrected chi connectivity index (χ3v) is 4.31. The molecule has 0 spiro atoms. The largest absolute Gasteiger partial charge is 0.441 e. The molecule has 1 aromatic carbocycles. The number of oxazole rings is 1. The van der Waals surface area contributed by atoms with Crippen molar-refractivity contribution < 1.29 is 17.9 Å². The van der Waals surface area contributed by atoms with Crippen molar-refractivity contribution >= 4 is 0 Å². The zero-order chi connectivity index (χ0) is 17.1. The summed E-state index contributed by atoms with van der Waals surface area (Å²) < 4.78 is 38.1. The SMILES string of the molecule is CCN(Cc1nc(-c2cc(F)cc(F)c2)oc1C)CC1CCCO1. The summed E-state index contributed by atoms with van der Waals surface area (Å²) in [5.41, 5.74) is 1.10. The van der Waals surface area contributed by atoms with Crippen molar-refractivity contribution in [1.29, 1.82) is 0 Å². The number of rotatable bonds is 6. The zero-order valence-corrected chi connectivity index (χ0v) is 14.0. The first-order valence-electron chi connectivity index (χ1n) is 8.32. The highest BCUT2D eigenvalue weighted by molar-refractivity contribution is 5.53. The van der Waals surface area contributed by atoms with E-state index in [0.717, 1.165) is 44.3 Å². The van der Waals surface area contributed by atoms with Gasteiger partial charge in [0.25, 0.3) is 0 Å². The van der Waals surface area contributed by atoms with E-state index in [0.29, 0.717) is 17.9 Å². The van der Waals surface area contributed by atoms with E-state index in [1.807, 2.05) is 6.92 Å². The van der Waals surface area contributed by atoms with Gasteiger partial charge in [-0.25, -0.2) is 13.8 Å². The Balaban J connectivity index is 1.75. The summed E-state index contributed by atoms with van der Waals surface area (Å²) >= 11 is 0. The monoisotopic (exact) mass is 336 g/mol. The molecule has 1 aromatic heterocycles. The van der Waals surface area contributed by atoms with Crippen LogP contribution in [0, 0.1) is 18.6 Å². The Morgan fingerprint density at radius 1 is 1.25 bits per heavy atom. The van der Waals surface area contributed by atoms with Gasteiger partial charge in [-0.1, -0.05) is 6.92 Å². The van der Waals surface area contributed by atoms with Gasteiger partial charge in [0.1, 0.15) is 17.4 Å². The summed E-state index contributed by atoms with van der Waals surface area (Å²) in [6.45, 7) is 7.10. The summed E-state index contributed by atoms with van der Waals surface area (Å²) in [5, 5.41) is 0. The molecule has 1 atom stereocenters. The van der Waals surface area contributed by atoms with Crippen LogP contribution in [0.25, 0.3) is 11.5 Å². The van der Waals surface area contributed by atoms with Crippen molar-refractivity contribution in [3.8, 4) is 11.5 Å². The van der Waals surface area contributed by atoms with Gasteiger partial charge < -0.3 is 9.15 Å². The maximum Gasteiger partial charge on any atom is 0.226 e. The molecule has 1 saturated heterocycles. The summed E-state index contributed by atoms with van der Waals surface area (Å²) in [6.07, 6.45) is 2.47. The average Bonchev–Trinajstić information content (AvgIpc) is 3.16. The highest BCUT2D eigenvalue weighted by atomic mass is 19.1. The minimum atomic E-state index is -0.643. The van der Waals surface area contributed by atoms with E-state index in [-0.39, 0.29) is 12.0 Å². The van der Waals surface area contributed by atoms with Gasteiger partial charge in [0, 0.05) is 31.3 Å². The molecule has 2 heterocycles. The fourth-order valence-electron chi connectivity index (χ4n) is 2.97. The number of hydrogen-bond donors (Lipinski definition) is 0. The van der Waals surface area contributed by atoms with Crippen molar-refractivity contribution in [2.45, 2.75) is 39.3 Å². The molecule has 3 rings (SSSR count). The molecule has 0 radical (unpaired) electrons. The minimum absolute atomic E-state index is 0.245. The van der Waals surface area contributed by atoms with Crippen LogP contribution < -0.4 is 0 Å². The van der Waals surface area contributed by atoms with Crippen LogP contribution >= 0.6 is 0 Å². The van der Waals surface area contributed by atoms with Crippen LogP contribution in [0.1, 0.15) is 31.2 Å². The van der Waals surface area contributed by atoms with Crippen molar-refractivity contribution in [3.63, 3.8) is 0 Å². The molecule has 0 bridgehead atoms. The van der Waals surface area contributed by atoms with Crippen molar-refractivity contribution in [2.75, 3.05) is 19.7 Å². The normalized spacial score (nSPS) is 17.8. The molecule has 130 valence electrons. The molecule has 1 unspecified atom stereocenters. The Bertz CT molecular complexity index is 676. The average molecular weight is 336 g/mol. The highest BCUT2D eigenvalue weighted by Crippen LogP contribution is 2.24. The van der Waals surface area contributed by atoms with Gasteiger partial charge in [-0.05, 0) is 38.4 Å². The third-order valence-electron chi connectivity index (χ3n) is 4.31. The Kier molecular flexibility index (Phi) is 5.26. The van der Waals surface area contributed by atoms with Crippen LogP contribution in [0.15, 0.2) is 22.6 Å². The number of aryl methyl sites for hydroxylation is 1. The number of ether oxygens (including phenoxy) is 1. The molecule has 0 aliphatic carbocycles. The Labute approximate surface area is 140 Å². The number of likely N-dealkylation sites (N-methyl/N-ethyl adjacent to an activating group) is 1. The lowest BCUT2D eigenvalue weighted by Gasteiger charge is -2.22. The maximum atomic E-state index is 13.4. The molecule has 1 aliphatic rings. The molecule has 0 N–H and O–H groups in total. The van der Waals surface area contributed by atoms with Crippen molar-refractivity contribution in [1.82, 2.24) is 9.88 Å². The van der Waals surface area contributed by atoms with Crippen LogP contribution in [0.2, 0.25) is 0 Å². The van der Waals surface area contributed by atoms with Crippen LogP contribution in [-0.4, -0.2) is 35.7 Å². The Hall–Kier alpha value is -1.79. The van der Waals surface area contributed by atoms with Gasteiger partial charge in [-0.2, -0.15) is 0 Å². The van der Waals surface area contributed by atoms with Crippen LogP contribution in [0.5, 0.6) is 0 Å². The number of aromatic nitrogens is 1. The molecule has 1 fully saturated rings. The summed E-state index contributed by atoms with van der Waals surface area (Å²) in [7, 11) is 0. The van der Waals surface area contributed by atoms with E-state index >= 15 is 0 Å². The summed E-state index contributed by atoms with van der Waals surface area (Å²) in [4.78, 5) is 6.69. The standard InChI is InChI=1S/C18H22F2N2O2/c1-3-22(10-16-5-4-6-23-16)11-17-12(2)24-18(21-17)13-7-14(19)9-15(20)8-13/h7-9,16H,3-6,10-11H2,1-2H3. The molecule has 0 amide bonds. The van der Waals surface area contributed by atoms with E-state index in [1.165, 1.54) is 12.1 Å². The van der Waals surface area contributed by atoms with Crippen molar-refractivity contribution in [2.24, 2.45) is 0 Å². The lowest BCUT2D eigenvalue weighted by Crippen LogP contribution is -2.31. The fourth-order valence-corrected chi connectivity index (χ4v) is 2.97. The third kappa shape index (κ3) is 3.99.